The first-order chi connectivity index (χ1) is 11.4. The highest BCUT2D eigenvalue weighted by Gasteiger charge is 2.31. The largest absolute Gasteiger partial charge is 0.465 e. The van der Waals surface area contributed by atoms with Gasteiger partial charge in [0.15, 0.2) is 0 Å². The molecule has 24 heavy (non-hydrogen) atoms. The Morgan fingerprint density at radius 2 is 2.12 bits per heavy atom. The minimum Gasteiger partial charge on any atom is -0.465 e. The van der Waals surface area contributed by atoms with Crippen molar-refractivity contribution in [2.45, 2.75) is 25.8 Å². The summed E-state index contributed by atoms with van der Waals surface area (Å²) in [6.07, 6.45) is 1.97. The van der Waals surface area contributed by atoms with Gasteiger partial charge < -0.3 is 20.3 Å². The van der Waals surface area contributed by atoms with E-state index in [1.807, 2.05) is 0 Å². The molecule has 2 amide bonds. The summed E-state index contributed by atoms with van der Waals surface area (Å²) in [4.78, 5) is 23.5. The number of carboxylic acid groups (broad SMARTS) is 1. The zero-order valence-electron chi connectivity index (χ0n) is 13.4. The number of fused-ring (bicyclic) bond motifs is 1. The molecule has 6 nitrogen and oxygen atoms in total. The number of halogens is 1. The molecule has 0 saturated carbocycles. The van der Waals surface area contributed by atoms with Gasteiger partial charge in [0.25, 0.3) is 5.91 Å². The first kappa shape index (κ1) is 16.0. The van der Waals surface area contributed by atoms with Crippen LogP contribution in [0.5, 0.6) is 0 Å². The Bertz CT molecular complexity index is 829. The van der Waals surface area contributed by atoms with E-state index < -0.39 is 6.09 Å². The smallest absolute Gasteiger partial charge is 0.405 e. The number of nitrogens with one attached hydrogen (secondary N) is 2. The second-order valence-electron chi connectivity index (χ2n) is 5.98. The molecule has 2 aromatic rings. The van der Waals surface area contributed by atoms with Gasteiger partial charge in [-0.25, -0.2) is 9.18 Å². The molecule has 1 unspecified atom stereocenters. The summed E-state index contributed by atoms with van der Waals surface area (Å²) >= 11 is 0. The summed E-state index contributed by atoms with van der Waals surface area (Å²) in [5.41, 5.74) is 3.16. The molecular weight excluding hydrogens is 313 g/mol. The van der Waals surface area contributed by atoms with Gasteiger partial charge in [-0.3, -0.25) is 4.79 Å². The third kappa shape index (κ3) is 2.84. The van der Waals surface area contributed by atoms with Crippen molar-refractivity contribution >= 4 is 17.7 Å². The average molecular weight is 331 g/mol. The number of carbonyl (C=O) groups is 2. The Morgan fingerprint density at radius 3 is 2.79 bits per heavy atom. The normalized spacial score (nSPS) is 15.9. The fourth-order valence-electron chi connectivity index (χ4n) is 3.22. The van der Waals surface area contributed by atoms with Crippen LogP contribution in [0.1, 0.15) is 39.6 Å². The highest BCUT2D eigenvalue weighted by molar-refractivity contribution is 6.04. The molecule has 1 aromatic carbocycles. The van der Waals surface area contributed by atoms with Crippen molar-refractivity contribution in [2.75, 3.05) is 5.32 Å². The fraction of sp³-hybridized carbons (Fsp3) is 0.294. The molecule has 1 aliphatic carbocycles. The number of hydrogen-bond donors (Lipinski definition) is 3. The van der Waals surface area contributed by atoms with E-state index in [4.69, 9.17) is 5.11 Å². The maximum atomic E-state index is 13.3. The third-order valence-electron chi connectivity index (χ3n) is 4.31. The highest BCUT2D eigenvalue weighted by Crippen LogP contribution is 2.35. The summed E-state index contributed by atoms with van der Waals surface area (Å²) < 4.78 is 15.0. The van der Waals surface area contributed by atoms with E-state index in [1.54, 1.807) is 30.8 Å². The topological polar surface area (TPSA) is 83.4 Å². The molecule has 3 rings (SSSR count). The van der Waals surface area contributed by atoms with Crippen LogP contribution in [0.25, 0.3) is 0 Å². The summed E-state index contributed by atoms with van der Waals surface area (Å²) in [6.45, 7) is 1.63. The molecule has 1 aliphatic rings. The minimum absolute atomic E-state index is 0.291. The molecule has 0 radical (unpaired) electrons. The van der Waals surface area contributed by atoms with Crippen LogP contribution in [0.4, 0.5) is 14.9 Å². The maximum absolute atomic E-state index is 13.3. The number of aryl methyl sites for hydroxylation is 2. The van der Waals surface area contributed by atoms with E-state index in [9.17, 15) is 14.0 Å². The van der Waals surface area contributed by atoms with Crippen molar-refractivity contribution in [3.63, 3.8) is 0 Å². The van der Waals surface area contributed by atoms with Crippen LogP contribution >= 0.6 is 0 Å². The fourth-order valence-corrected chi connectivity index (χ4v) is 3.22. The Labute approximate surface area is 138 Å². The third-order valence-corrected chi connectivity index (χ3v) is 4.31. The summed E-state index contributed by atoms with van der Waals surface area (Å²) in [5, 5.41) is 14.1. The predicted molar refractivity (Wildman–Crippen MR) is 86.7 cm³/mol. The van der Waals surface area contributed by atoms with Crippen LogP contribution in [-0.4, -0.2) is 21.7 Å². The van der Waals surface area contributed by atoms with E-state index in [-0.39, 0.29) is 17.8 Å². The van der Waals surface area contributed by atoms with Crippen molar-refractivity contribution in [1.29, 1.82) is 0 Å². The molecule has 3 N–H and O–H groups in total. The van der Waals surface area contributed by atoms with E-state index in [0.29, 0.717) is 29.8 Å². The second kappa shape index (κ2) is 5.99. The van der Waals surface area contributed by atoms with Gasteiger partial charge in [-0.2, -0.15) is 0 Å². The number of benzene rings is 1. The van der Waals surface area contributed by atoms with Crippen molar-refractivity contribution in [3.8, 4) is 0 Å². The van der Waals surface area contributed by atoms with Crippen LogP contribution < -0.4 is 10.6 Å². The van der Waals surface area contributed by atoms with Crippen molar-refractivity contribution in [1.82, 2.24) is 9.88 Å². The number of nitrogens with zero attached hydrogens (tertiary/aromatic N) is 1. The lowest BCUT2D eigenvalue weighted by molar-refractivity contribution is 0.101. The Kier molecular flexibility index (Phi) is 4.01. The Morgan fingerprint density at radius 1 is 1.38 bits per heavy atom. The number of anilines is 1. The van der Waals surface area contributed by atoms with Crippen molar-refractivity contribution in [3.05, 3.63) is 52.6 Å². The van der Waals surface area contributed by atoms with Crippen LogP contribution in [0, 0.1) is 12.7 Å². The number of rotatable bonds is 3. The lowest BCUT2D eigenvalue weighted by Crippen LogP contribution is -2.24. The SMILES string of the molecule is Cc1cc(NC(=O)c2c3c(cn2C)C(NC(=O)O)CC3)ccc1F. The first-order valence-corrected chi connectivity index (χ1v) is 7.62. The predicted octanol–water partition coefficient (Wildman–Crippen LogP) is 2.98. The van der Waals surface area contributed by atoms with E-state index in [2.05, 4.69) is 10.6 Å². The average Bonchev–Trinajstić information content (AvgIpc) is 3.01. The minimum atomic E-state index is -1.08. The monoisotopic (exact) mass is 331 g/mol. The van der Waals surface area contributed by atoms with E-state index in [0.717, 1.165) is 11.1 Å². The van der Waals surface area contributed by atoms with Crippen LogP contribution in [-0.2, 0) is 13.5 Å². The summed E-state index contributed by atoms with van der Waals surface area (Å²) in [7, 11) is 1.75. The van der Waals surface area contributed by atoms with Gasteiger partial charge >= 0.3 is 6.09 Å². The number of amides is 2. The number of carbonyl (C=O) groups excluding carboxylic acids is 1. The van der Waals surface area contributed by atoms with Gasteiger partial charge in [0.2, 0.25) is 0 Å². The van der Waals surface area contributed by atoms with Gasteiger partial charge in [-0.15, -0.1) is 0 Å². The molecule has 126 valence electrons. The first-order valence-electron chi connectivity index (χ1n) is 7.62. The zero-order valence-corrected chi connectivity index (χ0v) is 13.4. The van der Waals surface area contributed by atoms with Gasteiger partial charge in [0.05, 0.1) is 6.04 Å². The molecule has 0 aliphatic heterocycles. The second-order valence-corrected chi connectivity index (χ2v) is 5.98. The Balaban J connectivity index is 1.86. The molecule has 0 bridgehead atoms. The molecule has 0 saturated heterocycles. The maximum Gasteiger partial charge on any atom is 0.405 e. The number of aromatic nitrogens is 1. The molecular formula is C17H18FN3O3. The van der Waals surface area contributed by atoms with E-state index in [1.165, 1.54) is 12.1 Å². The number of hydrogen-bond acceptors (Lipinski definition) is 2. The van der Waals surface area contributed by atoms with Crippen LogP contribution in [0.15, 0.2) is 24.4 Å². The molecule has 1 aromatic heterocycles. The van der Waals surface area contributed by atoms with Crippen molar-refractivity contribution < 1.29 is 19.1 Å². The molecule has 7 heteroatoms. The lowest BCUT2D eigenvalue weighted by Gasteiger charge is -2.09. The molecule has 1 heterocycles. The van der Waals surface area contributed by atoms with E-state index >= 15 is 0 Å². The van der Waals surface area contributed by atoms with Crippen LogP contribution in [0.2, 0.25) is 0 Å². The Hall–Kier alpha value is -2.83. The highest BCUT2D eigenvalue weighted by atomic mass is 19.1. The standard InChI is InChI=1S/C17H18FN3O3/c1-9-7-10(3-5-13(9)18)19-16(22)15-11-4-6-14(20-17(23)24)12(11)8-21(15)2/h3,5,7-8,14,20H,4,6H2,1-2H3,(H,19,22)(H,23,24). The van der Waals surface area contributed by atoms with Crippen molar-refractivity contribution in [2.24, 2.45) is 7.05 Å². The lowest BCUT2D eigenvalue weighted by atomic mass is 10.1. The van der Waals surface area contributed by atoms with Gasteiger partial charge in [-0.05, 0) is 54.7 Å². The summed E-state index contributed by atoms with van der Waals surface area (Å²) in [5.74, 6) is -0.615. The molecule has 0 fully saturated rings. The van der Waals surface area contributed by atoms with Gasteiger partial charge in [0.1, 0.15) is 11.5 Å². The van der Waals surface area contributed by atoms with Crippen LogP contribution in [0.3, 0.4) is 0 Å². The molecule has 1 atom stereocenters. The quantitative estimate of drug-likeness (QED) is 0.808. The van der Waals surface area contributed by atoms with Gasteiger partial charge in [0, 0.05) is 18.9 Å². The van der Waals surface area contributed by atoms with Gasteiger partial charge in [-0.1, -0.05) is 0 Å². The zero-order chi connectivity index (χ0) is 17.4. The molecule has 0 spiro atoms. The summed E-state index contributed by atoms with van der Waals surface area (Å²) in [6, 6.07) is 4.11.